The Morgan fingerprint density at radius 3 is 1.00 bits per heavy atom. The minimum atomic E-state index is 0.934. The minimum Gasteiger partial charge on any atom is -0.0876 e. The fraction of sp³-hybridized carbons (Fsp3) is 0.533. The van der Waals surface area contributed by atoms with Gasteiger partial charge in [-0.3, -0.25) is 0 Å². The Morgan fingerprint density at radius 1 is 0.438 bits per heavy atom. The van der Waals surface area contributed by atoms with E-state index in [1.54, 1.807) is 33.4 Å². The minimum absolute atomic E-state index is 0.934. The molecule has 0 radical (unpaired) electrons. The molecule has 0 nitrogen and oxygen atoms in total. The number of alkyl halides is 2. The standard InChI is InChI=1S/C30H40Br2/c1-7-13-23-27-15-25-21(11-5)19(9-3)20(10-4)22(12-6)26(25)16-28(27)24(14-8-2)30(18-32)29(23)17-31/h15-16H,7-14,17-18H2,1-6H3. The van der Waals surface area contributed by atoms with Crippen molar-refractivity contribution in [3.63, 3.8) is 0 Å². The number of rotatable bonds is 10. The SMILES string of the molecule is CCCc1c(CBr)c(CBr)c(CCC)c2cc3c(CC)c(CC)c(CC)c(CC)c3cc12. The fourth-order valence-electron chi connectivity index (χ4n) is 6.03. The first-order valence-electron chi connectivity index (χ1n) is 12.8. The van der Waals surface area contributed by atoms with Gasteiger partial charge in [0.25, 0.3) is 0 Å². The topological polar surface area (TPSA) is 0 Å². The lowest BCUT2D eigenvalue weighted by atomic mass is 9.81. The summed E-state index contributed by atoms with van der Waals surface area (Å²) in [4.78, 5) is 0. The normalized spacial score (nSPS) is 11.8. The second-order valence-corrected chi connectivity index (χ2v) is 10.1. The third kappa shape index (κ3) is 4.31. The molecule has 0 heterocycles. The van der Waals surface area contributed by atoms with Crippen LogP contribution in [0.15, 0.2) is 12.1 Å². The van der Waals surface area contributed by atoms with Gasteiger partial charge in [-0.2, -0.15) is 0 Å². The highest BCUT2D eigenvalue weighted by Gasteiger charge is 2.21. The van der Waals surface area contributed by atoms with Crippen LogP contribution in [0.3, 0.4) is 0 Å². The van der Waals surface area contributed by atoms with Crippen molar-refractivity contribution in [3.05, 3.63) is 56.6 Å². The van der Waals surface area contributed by atoms with E-state index >= 15 is 0 Å². The first-order chi connectivity index (χ1) is 15.6. The van der Waals surface area contributed by atoms with Gasteiger partial charge >= 0.3 is 0 Å². The van der Waals surface area contributed by atoms with Crippen LogP contribution in [0.25, 0.3) is 21.5 Å². The maximum absolute atomic E-state index is 3.86. The van der Waals surface area contributed by atoms with E-state index in [1.807, 2.05) is 0 Å². The molecule has 0 bridgehead atoms. The van der Waals surface area contributed by atoms with Gasteiger partial charge in [-0.15, -0.1) is 0 Å². The molecule has 0 aromatic heterocycles. The fourth-order valence-corrected chi connectivity index (χ4v) is 7.39. The van der Waals surface area contributed by atoms with Crippen molar-refractivity contribution in [2.24, 2.45) is 0 Å². The van der Waals surface area contributed by atoms with E-state index in [4.69, 9.17) is 0 Å². The number of aryl methyl sites for hydroxylation is 4. The Balaban J connectivity index is 2.64. The number of hydrogen-bond acceptors (Lipinski definition) is 0. The molecule has 0 aliphatic carbocycles. The second-order valence-electron chi connectivity index (χ2n) is 8.95. The highest BCUT2D eigenvalue weighted by molar-refractivity contribution is 9.09. The maximum atomic E-state index is 3.86. The number of benzene rings is 3. The number of fused-ring (bicyclic) bond motifs is 2. The molecule has 0 amide bonds. The zero-order valence-corrected chi connectivity index (χ0v) is 24.2. The monoisotopic (exact) mass is 558 g/mol. The van der Waals surface area contributed by atoms with Crippen LogP contribution in [0, 0.1) is 0 Å². The van der Waals surface area contributed by atoms with Crippen molar-refractivity contribution in [1.82, 2.24) is 0 Å². The molecule has 0 saturated carbocycles. The van der Waals surface area contributed by atoms with Crippen LogP contribution in [-0.4, -0.2) is 0 Å². The molecule has 2 heteroatoms. The molecule has 32 heavy (non-hydrogen) atoms. The molecule has 0 aliphatic heterocycles. The van der Waals surface area contributed by atoms with E-state index in [-0.39, 0.29) is 0 Å². The van der Waals surface area contributed by atoms with Gasteiger partial charge in [-0.05, 0) is 117 Å². The number of hydrogen-bond donors (Lipinski definition) is 0. The van der Waals surface area contributed by atoms with Crippen LogP contribution >= 0.6 is 31.9 Å². The quantitative estimate of drug-likeness (QED) is 0.171. The summed E-state index contributed by atoms with van der Waals surface area (Å²) in [5.74, 6) is 0. The molecule has 0 saturated heterocycles. The van der Waals surface area contributed by atoms with Crippen molar-refractivity contribution in [1.29, 1.82) is 0 Å². The lowest BCUT2D eigenvalue weighted by Crippen LogP contribution is -2.07. The molecule has 0 aliphatic rings. The summed E-state index contributed by atoms with van der Waals surface area (Å²) >= 11 is 7.73. The largest absolute Gasteiger partial charge is 0.0876 e. The van der Waals surface area contributed by atoms with E-state index in [0.717, 1.165) is 49.2 Å². The average Bonchev–Trinajstić information content (AvgIpc) is 2.82. The van der Waals surface area contributed by atoms with Crippen LogP contribution in [0.2, 0.25) is 0 Å². The number of halogens is 2. The van der Waals surface area contributed by atoms with Crippen molar-refractivity contribution in [2.45, 2.75) is 104 Å². The zero-order chi connectivity index (χ0) is 23.4. The van der Waals surface area contributed by atoms with Crippen molar-refractivity contribution < 1.29 is 0 Å². The van der Waals surface area contributed by atoms with Crippen LogP contribution in [0.4, 0.5) is 0 Å². The molecule has 174 valence electrons. The van der Waals surface area contributed by atoms with Gasteiger partial charge in [0.05, 0.1) is 0 Å². The van der Waals surface area contributed by atoms with Gasteiger partial charge < -0.3 is 0 Å². The highest BCUT2D eigenvalue weighted by atomic mass is 79.9. The van der Waals surface area contributed by atoms with Gasteiger partial charge in [-0.1, -0.05) is 86.2 Å². The average molecular weight is 560 g/mol. The lowest BCUT2D eigenvalue weighted by molar-refractivity contribution is 0.896. The van der Waals surface area contributed by atoms with Crippen molar-refractivity contribution in [3.8, 4) is 0 Å². The van der Waals surface area contributed by atoms with Gasteiger partial charge in [0.15, 0.2) is 0 Å². The molecule has 3 aromatic carbocycles. The van der Waals surface area contributed by atoms with E-state index in [0.29, 0.717) is 0 Å². The van der Waals surface area contributed by atoms with Gasteiger partial charge in [0.1, 0.15) is 0 Å². The molecule has 3 rings (SSSR count). The Morgan fingerprint density at radius 2 is 0.750 bits per heavy atom. The first-order valence-corrected chi connectivity index (χ1v) is 15.0. The van der Waals surface area contributed by atoms with Crippen LogP contribution < -0.4 is 0 Å². The van der Waals surface area contributed by atoms with Crippen molar-refractivity contribution >= 4 is 53.4 Å². The first kappa shape index (κ1) is 25.8. The molecule has 0 spiro atoms. The van der Waals surface area contributed by atoms with E-state index < -0.39 is 0 Å². The molecular weight excluding hydrogens is 520 g/mol. The Kier molecular flexibility index (Phi) is 9.27. The summed E-state index contributed by atoms with van der Waals surface area (Å²) in [5.41, 5.74) is 12.6. The maximum Gasteiger partial charge on any atom is 0.0289 e. The molecule has 0 N–H and O–H groups in total. The zero-order valence-electron chi connectivity index (χ0n) is 21.0. The molecule has 3 aromatic rings. The van der Waals surface area contributed by atoms with Crippen LogP contribution in [0.5, 0.6) is 0 Å². The summed E-state index contributed by atoms with van der Waals surface area (Å²) in [6, 6.07) is 5.19. The second kappa shape index (κ2) is 11.5. The van der Waals surface area contributed by atoms with Gasteiger partial charge in [-0.25, -0.2) is 0 Å². The predicted octanol–water partition coefficient (Wildman–Crippen LogP) is 9.94. The summed E-state index contributed by atoms with van der Waals surface area (Å²) in [6.07, 6.45) is 9.12. The Hall–Kier alpha value is -0.860. The third-order valence-corrected chi connectivity index (χ3v) is 8.45. The summed E-state index contributed by atoms with van der Waals surface area (Å²) in [7, 11) is 0. The smallest absolute Gasteiger partial charge is 0.0289 e. The highest BCUT2D eigenvalue weighted by Crippen LogP contribution is 2.41. The summed E-state index contributed by atoms with van der Waals surface area (Å²) in [5, 5.41) is 7.90. The summed E-state index contributed by atoms with van der Waals surface area (Å²) in [6.45, 7) is 14.0. The van der Waals surface area contributed by atoms with Crippen molar-refractivity contribution in [2.75, 3.05) is 0 Å². The Bertz CT molecular complexity index is 1020. The Labute approximate surface area is 212 Å². The van der Waals surface area contributed by atoms with Crippen LogP contribution in [0.1, 0.15) is 98.9 Å². The molecule has 0 atom stereocenters. The molecule has 0 fully saturated rings. The van der Waals surface area contributed by atoms with Gasteiger partial charge in [0, 0.05) is 10.7 Å². The van der Waals surface area contributed by atoms with Crippen LogP contribution in [-0.2, 0) is 49.2 Å². The van der Waals surface area contributed by atoms with E-state index in [2.05, 4.69) is 85.5 Å². The third-order valence-electron chi connectivity index (χ3n) is 7.33. The predicted molar refractivity (Wildman–Crippen MR) is 152 cm³/mol. The van der Waals surface area contributed by atoms with Gasteiger partial charge in [0.2, 0.25) is 0 Å². The van der Waals surface area contributed by atoms with E-state index in [1.165, 1.54) is 45.5 Å². The lowest BCUT2D eigenvalue weighted by Gasteiger charge is -2.25. The molecule has 0 unspecified atom stereocenters. The molecular formula is C30H40Br2. The van der Waals surface area contributed by atoms with E-state index in [9.17, 15) is 0 Å². The summed E-state index contributed by atoms with van der Waals surface area (Å²) < 4.78 is 0.